The van der Waals surface area contributed by atoms with E-state index in [-0.39, 0.29) is 0 Å². The van der Waals surface area contributed by atoms with Crippen LogP contribution in [0.4, 0.5) is 0 Å². The molecule has 0 saturated heterocycles. The summed E-state index contributed by atoms with van der Waals surface area (Å²) in [6, 6.07) is 7.94. The van der Waals surface area contributed by atoms with Gasteiger partial charge in [0.25, 0.3) is 0 Å². The molecule has 0 radical (unpaired) electrons. The zero-order valence-corrected chi connectivity index (χ0v) is 9.74. The number of hydrogen-bond donors (Lipinski definition) is 0. The molecule has 2 nitrogen and oxygen atoms in total. The van der Waals surface area contributed by atoms with Crippen LogP contribution in [-0.4, -0.2) is 5.79 Å². The standard InChI is InChI=1S/C14H18O2/c1-14(10-11-6-2-3-7-11)15-12-8-4-5-9-13(12)16-14/h4-5,8-9,11H,2-3,6-7,10H2,1H3. The van der Waals surface area contributed by atoms with E-state index < -0.39 is 5.79 Å². The van der Waals surface area contributed by atoms with Gasteiger partial charge in [0.05, 0.1) is 0 Å². The lowest BCUT2D eigenvalue weighted by Gasteiger charge is -2.26. The minimum atomic E-state index is -0.432. The van der Waals surface area contributed by atoms with Crippen LogP contribution in [0.3, 0.4) is 0 Å². The van der Waals surface area contributed by atoms with E-state index in [9.17, 15) is 0 Å². The average molecular weight is 218 g/mol. The maximum Gasteiger partial charge on any atom is 0.249 e. The Labute approximate surface area is 96.6 Å². The molecule has 0 amide bonds. The number of hydrogen-bond acceptors (Lipinski definition) is 2. The van der Waals surface area contributed by atoms with E-state index in [4.69, 9.17) is 9.47 Å². The third-order valence-corrected chi connectivity index (χ3v) is 3.64. The average Bonchev–Trinajstić information content (AvgIpc) is 2.83. The topological polar surface area (TPSA) is 18.5 Å². The molecule has 16 heavy (non-hydrogen) atoms. The van der Waals surface area contributed by atoms with Crippen LogP contribution >= 0.6 is 0 Å². The molecule has 1 heterocycles. The molecular formula is C14H18O2. The van der Waals surface area contributed by atoms with Crippen LogP contribution < -0.4 is 9.47 Å². The third kappa shape index (κ3) is 1.77. The first-order valence-electron chi connectivity index (χ1n) is 6.22. The molecule has 0 aromatic heterocycles. The van der Waals surface area contributed by atoms with Crippen LogP contribution in [0.1, 0.15) is 39.0 Å². The van der Waals surface area contributed by atoms with Crippen molar-refractivity contribution in [3.05, 3.63) is 24.3 Å². The van der Waals surface area contributed by atoms with E-state index >= 15 is 0 Å². The van der Waals surface area contributed by atoms with Crippen molar-refractivity contribution in [1.29, 1.82) is 0 Å². The highest BCUT2D eigenvalue weighted by Gasteiger charge is 2.39. The van der Waals surface area contributed by atoms with Gasteiger partial charge in [0, 0.05) is 13.3 Å². The molecule has 1 aromatic rings. The van der Waals surface area contributed by atoms with E-state index in [2.05, 4.69) is 6.92 Å². The van der Waals surface area contributed by atoms with Gasteiger partial charge in [-0.15, -0.1) is 0 Å². The molecule has 1 saturated carbocycles. The minimum absolute atomic E-state index is 0.432. The summed E-state index contributed by atoms with van der Waals surface area (Å²) in [5.74, 6) is 2.13. The summed E-state index contributed by atoms with van der Waals surface area (Å²) in [4.78, 5) is 0. The van der Waals surface area contributed by atoms with Crippen molar-refractivity contribution in [3.8, 4) is 11.5 Å². The SMILES string of the molecule is CC1(CC2CCCC2)Oc2ccccc2O1. The van der Waals surface area contributed by atoms with Crippen LogP contribution in [0.15, 0.2) is 24.3 Å². The monoisotopic (exact) mass is 218 g/mol. The van der Waals surface area contributed by atoms with Crippen LogP contribution in [0.2, 0.25) is 0 Å². The van der Waals surface area contributed by atoms with Crippen molar-refractivity contribution in [2.24, 2.45) is 5.92 Å². The molecule has 0 unspecified atom stereocenters. The lowest BCUT2D eigenvalue weighted by atomic mass is 9.98. The molecule has 1 aromatic carbocycles. The van der Waals surface area contributed by atoms with Crippen molar-refractivity contribution >= 4 is 0 Å². The second-order valence-electron chi connectivity index (χ2n) is 5.14. The molecule has 1 fully saturated rings. The Morgan fingerprint density at radius 3 is 2.25 bits per heavy atom. The summed E-state index contributed by atoms with van der Waals surface area (Å²) >= 11 is 0. The lowest BCUT2D eigenvalue weighted by Crippen LogP contribution is -2.36. The summed E-state index contributed by atoms with van der Waals surface area (Å²) in [6.45, 7) is 2.06. The van der Waals surface area contributed by atoms with Gasteiger partial charge < -0.3 is 9.47 Å². The van der Waals surface area contributed by atoms with E-state index in [1.807, 2.05) is 24.3 Å². The zero-order valence-electron chi connectivity index (χ0n) is 9.74. The molecule has 0 N–H and O–H groups in total. The Balaban J connectivity index is 1.72. The largest absolute Gasteiger partial charge is 0.449 e. The van der Waals surface area contributed by atoms with E-state index in [0.717, 1.165) is 23.8 Å². The maximum atomic E-state index is 5.93. The number of rotatable bonds is 2. The van der Waals surface area contributed by atoms with Gasteiger partial charge in [0.2, 0.25) is 5.79 Å². The Kier molecular flexibility index (Phi) is 2.31. The zero-order chi connectivity index (χ0) is 11.0. The fraction of sp³-hybridized carbons (Fsp3) is 0.571. The van der Waals surface area contributed by atoms with Gasteiger partial charge in [-0.1, -0.05) is 37.8 Å². The van der Waals surface area contributed by atoms with Gasteiger partial charge in [-0.3, -0.25) is 0 Å². The smallest absolute Gasteiger partial charge is 0.249 e. The molecule has 3 rings (SSSR count). The summed E-state index contributed by atoms with van der Waals surface area (Å²) in [5.41, 5.74) is 0. The molecule has 0 bridgehead atoms. The molecule has 2 heteroatoms. The van der Waals surface area contributed by atoms with E-state index in [1.165, 1.54) is 25.7 Å². The van der Waals surface area contributed by atoms with Crippen molar-refractivity contribution in [2.45, 2.75) is 44.8 Å². The second-order valence-corrected chi connectivity index (χ2v) is 5.14. The highest BCUT2D eigenvalue weighted by molar-refractivity contribution is 5.42. The first-order valence-corrected chi connectivity index (χ1v) is 6.22. The van der Waals surface area contributed by atoms with Crippen LogP contribution in [0, 0.1) is 5.92 Å². The first-order chi connectivity index (χ1) is 7.75. The van der Waals surface area contributed by atoms with Crippen molar-refractivity contribution in [2.75, 3.05) is 0 Å². The Hall–Kier alpha value is -1.18. The molecule has 1 aliphatic carbocycles. The molecule has 0 atom stereocenters. The van der Waals surface area contributed by atoms with Gasteiger partial charge >= 0.3 is 0 Å². The third-order valence-electron chi connectivity index (χ3n) is 3.64. The molecule has 1 aliphatic heterocycles. The van der Waals surface area contributed by atoms with E-state index in [0.29, 0.717) is 0 Å². The van der Waals surface area contributed by atoms with Gasteiger partial charge in [0.15, 0.2) is 11.5 Å². The number of benzene rings is 1. The maximum absolute atomic E-state index is 5.93. The van der Waals surface area contributed by atoms with Crippen LogP contribution in [0.5, 0.6) is 11.5 Å². The quantitative estimate of drug-likeness (QED) is 0.752. The van der Waals surface area contributed by atoms with Gasteiger partial charge in [-0.25, -0.2) is 0 Å². The highest BCUT2D eigenvalue weighted by Crippen LogP contribution is 2.43. The number of fused-ring (bicyclic) bond motifs is 1. The van der Waals surface area contributed by atoms with Gasteiger partial charge in [0.1, 0.15) is 0 Å². The predicted molar refractivity (Wildman–Crippen MR) is 62.7 cm³/mol. The lowest BCUT2D eigenvalue weighted by molar-refractivity contribution is -0.0790. The Morgan fingerprint density at radius 1 is 1.12 bits per heavy atom. The summed E-state index contributed by atoms with van der Waals surface area (Å²) in [7, 11) is 0. The number of para-hydroxylation sites is 2. The summed E-state index contributed by atoms with van der Waals surface area (Å²) in [6.07, 6.45) is 6.42. The summed E-state index contributed by atoms with van der Waals surface area (Å²) in [5, 5.41) is 0. The molecular weight excluding hydrogens is 200 g/mol. The predicted octanol–water partition coefficient (Wildman–Crippen LogP) is 3.75. The number of ether oxygens (including phenoxy) is 2. The highest BCUT2D eigenvalue weighted by atomic mass is 16.7. The fourth-order valence-corrected chi connectivity index (χ4v) is 2.93. The van der Waals surface area contributed by atoms with Gasteiger partial charge in [-0.2, -0.15) is 0 Å². The second kappa shape index (κ2) is 3.69. The van der Waals surface area contributed by atoms with Crippen molar-refractivity contribution < 1.29 is 9.47 Å². The normalized spacial score (nSPS) is 22.6. The Morgan fingerprint density at radius 2 is 1.69 bits per heavy atom. The summed E-state index contributed by atoms with van der Waals surface area (Å²) < 4.78 is 11.9. The fourth-order valence-electron chi connectivity index (χ4n) is 2.93. The minimum Gasteiger partial charge on any atom is -0.449 e. The molecule has 86 valence electrons. The van der Waals surface area contributed by atoms with Crippen LogP contribution in [-0.2, 0) is 0 Å². The first kappa shape index (κ1) is 10.0. The van der Waals surface area contributed by atoms with Crippen molar-refractivity contribution in [3.63, 3.8) is 0 Å². The molecule has 0 spiro atoms. The van der Waals surface area contributed by atoms with E-state index in [1.54, 1.807) is 0 Å². The molecule has 2 aliphatic rings. The Bertz CT molecular complexity index is 355. The van der Waals surface area contributed by atoms with Gasteiger partial charge in [-0.05, 0) is 18.1 Å². The van der Waals surface area contributed by atoms with Crippen molar-refractivity contribution in [1.82, 2.24) is 0 Å². The van der Waals surface area contributed by atoms with Crippen LogP contribution in [0.25, 0.3) is 0 Å².